The number of amides is 1. The van der Waals surface area contributed by atoms with E-state index in [1.807, 2.05) is 0 Å². The van der Waals surface area contributed by atoms with Crippen molar-refractivity contribution in [1.82, 2.24) is 5.32 Å². The summed E-state index contributed by atoms with van der Waals surface area (Å²) in [6, 6.07) is 2.14. The molecule has 0 aliphatic heterocycles. The summed E-state index contributed by atoms with van der Waals surface area (Å²) in [5.74, 6) is 1.50. The number of carbonyl (C=O) groups is 1. The number of hydrogen-bond acceptors (Lipinski definition) is 2. The monoisotopic (exact) mass is 234 g/mol. The lowest BCUT2D eigenvalue weighted by molar-refractivity contribution is -0.124. The first-order valence-corrected chi connectivity index (χ1v) is 6.89. The van der Waals surface area contributed by atoms with Crippen LogP contribution in [-0.4, -0.2) is 12.5 Å². The van der Waals surface area contributed by atoms with Crippen molar-refractivity contribution in [2.45, 2.75) is 51.9 Å². The average molecular weight is 234 g/mol. The van der Waals surface area contributed by atoms with E-state index in [-0.39, 0.29) is 5.91 Å². The highest BCUT2D eigenvalue weighted by atomic mass is 16.2. The minimum atomic E-state index is -0.652. The second-order valence-corrected chi connectivity index (χ2v) is 5.70. The minimum absolute atomic E-state index is 0.0300. The Morgan fingerprint density at radius 2 is 1.88 bits per heavy atom. The van der Waals surface area contributed by atoms with Crippen molar-refractivity contribution in [3.05, 3.63) is 0 Å². The zero-order chi connectivity index (χ0) is 12.3. The molecule has 0 atom stereocenters. The predicted octanol–water partition coefficient (Wildman–Crippen LogP) is 2.62. The van der Waals surface area contributed by atoms with Gasteiger partial charge in [0.25, 0.3) is 0 Å². The molecule has 0 aromatic rings. The van der Waals surface area contributed by atoms with Gasteiger partial charge in [-0.05, 0) is 37.5 Å². The largest absolute Gasteiger partial charge is 0.354 e. The zero-order valence-corrected chi connectivity index (χ0v) is 10.7. The molecule has 0 radical (unpaired) electrons. The quantitative estimate of drug-likeness (QED) is 0.813. The SMILES string of the molecule is CCC1CCC(CNC(=O)C2(C#N)CC2)CC1. The molecule has 0 aromatic heterocycles. The Morgan fingerprint density at radius 3 is 2.35 bits per heavy atom. The second kappa shape index (κ2) is 5.08. The number of carbonyl (C=O) groups excluding carboxylic acids is 1. The second-order valence-electron chi connectivity index (χ2n) is 5.70. The number of rotatable bonds is 4. The normalized spacial score (nSPS) is 30.4. The lowest BCUT2D eigenvalue weighted by atomic mass is 9.81. The fourth-order valence-electron chi connectivity index (χ4n) is 2.76. The predicted molar refractivity (Wildman–Crippen MR) is 66.0 cm³/mol. The third kappa shape index (κ3) is 2.80. The molecule has 0 heterocycles. The van der Waals surface area contributed by atoms with Gasteiger partial charge < -0.3 is 5.32 Å². The molecule has 17 heavy (non-hydrogen) atoms. The van der Waals surface area contributed by atoms with E-state index in [1.54, 1.807) is 0 Å². The molecule has 0 aromatic carbocycles. The average Bonchev–Trinajstić information content (AvgIpc) is 3.17. The van der Waals surface area contributed by atoms with Crippen LogP contribution in [0, 0.1) is 28.6 Å². The van der Waals surface area contributed by atoms with Crippen LogP contribution in [0.2, 0.25) is 0 Å². The summed E-state index contributed by atoms with van der Waals surface area (Å²) in [6.07, 6.45) is 7.87. The maximum Gasteiger partial charge on any atom is 0.240 e. The molecule has 0 saturated heterocycles. The first-order valence-electron chi connectivity index (χ1n) is 6.89. The Balaban J connectivity index is 1.70. The Morgan fingerprint density at radius 1 is 1.29 bits per heavy atom. The molecule has 2 rings (SSSR count). The molecule has 1 amide bonds. The number of hydrogen-bond donors (Lipinski definition) is 1. The van der Waals surface area contributed by atoms with Crippen molar-refractivity contribution < 1.29 is 4.79 Å². The van der Waals surface area contributed by atoms with Gasteiger partial charge in [0.2, 0.25) is 5.91 Å². The highest BCUT2D eigenvalue weighted by molar-refractivity contribution is 5.88. The number of nitriles is 1. The summed E-state index contributed by atoms with van der Waals surface area (Å²) in [7, 11) is 0. The summed E-state index contributed by atoms with van der Waals surface area (Å²) in [4.78, 5) is 11.8. The maximum atomic E-state index is 11.8. The van der Waals surface area contributed by atoms with Gasteiger partial charge in [-0.3, -0.25) is 4.79 Å². The van der Waals surface area contributed by atoms with Crippen molar-refractivity contribution in [2.75, 3.05) is 6.54 Å². The van der Waals surface area contributed by atoms with Crippen molar-refractivity contribution in [2.24, 2.45) is 17.3 Å². The lowest BCUT2D eigenvalue weighted by Crippen LogP contribution is -2.36. The summed E-state index contributed by atoms with van der Waals surface area (Å²) < 4.78 is 0. The van der Waals surface area contributed by atoms with Gasteiger partial charge in [-0.1, -0.05) is 26.2 Å². The van der Waals surface area contributed by atoms with Crippen molar-refractivity contribution >= 4 is 5.91 Å². The van der Waals surface area contributed by atoms with Crippen molar-refractivity contribution in [1.29, 1.82) is 5.26 Å². The molecule has 2 aliphatic carbocycles. The number of nitrogens with one attached hydrogen (secondary N) is 1. The van der Waals surface area contributed by atoms with Crippen molar-refractivity contribution in [3.8, 4) is 6.07 Å². The number of nitrogens with zero attached hydrogens (tertiary/aromatic N) is 1. The smallest absolute Gasteiger partial charge is 0.240 e. The Labute approximate surface area is 104 Å². The Bertz CT molecular complexity index is 320. The van der Waals surface area contributed by atoms with Gasteiger partial charge in [0.15, 0.2) is 0 Å². The van der Waals surface area contributed by atoms with Crippen LogP contribution in [0.25, 0.3) is 0 Å². The highest BCUT2D eigenvalue weighted by Crippen LogP contribution is 2.45. The van der Waals surface area contributed by atoms with E-state index in [4.69, 9.17) is 5.26 Å². The van der Waals surface area contributed by atoms with Crippen LogP contribution in [0.1, 0.15) is 51.9 Å². The summed E-state index contributed by atoms with van der Waals surface area (Å²) in [5, 5.41) is 11.9. The van der Waals surface area contributed by atoms with E-state index >= 15 is 0 Å². The van der Waals surface area contributed by atoms with E-state index < -0.39 is 5.41 Å². The van der Waals surface area contributed by atoms with E-state index in [0.29, 0.717) is 5.92 Å². The molecular weight excluding hydrogens is 212 g/mol. The molecule has 2 saturated carbocycles. The van der Waals surface area contributed by atoms with Crippen LogP contribution in [0.15, 0.2) is 0 Å². The third-order valence-corrected chi connectivity index (χ3v) is 4.49. The van der Waals surface area contributed by atoms with E-state index in [1.165, 1.54) is 32.1 Å². The molecule has 0 bridgehead atoms. The molecule has 1 N–H and O–H groups in total. The zero-order valence-electron chi connectivity index (χ0n) is 10.7. The van der Waals surface area contributed by atoms with Crippen LogP contribution in [0.4, 0.5) is 0 Å². The molecule has 0 spiro atoms. The molecule has 0 unspecified atom stereocenters. The summed E-state index contributed by atoms with van der Waals surface area (Å²) >= 11 is 0. The van der Waals surface area contributed by atoms with Crippen molar-refractivity contribution in [3.63, 3.8) is 0 Å². The van der Waals surface area contributed by atoms with Crippen LogP contribution in [0.3, 0.4) is 0 Å². The molecule has 3 heteroatoms. The van der Waals surface area contributed by atoms with E-state index in [0.717, 1.165) is 25.3 Å². The van der Waals surface area contributed by atoms with Crippen LogP contribution in [-0.2, 0) is 4.79 Å². The molecular formula is C14H22N2O. The topological polar surface area (TPSA) is 52.9 Å². The van der Waals surface area contributed by atoms with Gasteiger partial charge in [-0.25, -0.2) is 0 Å². The Hall–Kier alpha value is -1.04. The lowest BCUT2D eigenvalue weighted by Gasteiger charge is -2.28. The fourth-order valence-corrected chi connectivity index (χ4v) is 2.76. The van der Waals surface area contributed by atoms with Gasteiger partial charge in [-0.15, -0.1) is 0 Å². The van der Waals surface area contributed by atoms with Gasteiger partial charge in [0.05, 0.1) is 6.07 Å². The van der Waals surface area contributed by atoms with Gasteiger partial charge in [-0.2, -0.15) is 5.26 Å². The summed E-state index contributed by atoms with van der Waals surface area (Å²) in [5.41, 5.74) is -0.652. The maximum absolute atomic E-state index is 11.8. The Kier molecular flexibility index (Phi) is 3.71. The molecule has 2 fully saturated rings. The fraction of sp³-hybridized carbons (Fsp3) is 0.857. The van der Waals surface area contributed by atoms with Gasteiger partial charge >= 0.3 is 0 Å². The van der Waals surface area contributed by atoms with E-state index in [2.05, 4.69) is 18.3 Å². The molecule has 3 nitrogen and oxygen atoms in total. The molecule has 94 valence electrons. The molecule has 2 aliphatic rings. The minimum Gasteiger partial charge on any atom is -0.354 e. The summed E-state index contributed by atoms with van der Waals surface area (Å²) in [6.45, 7) is 3.04. The standard InChI is InChI=1S/C14H22N2O/c1-2-11-3-5-12(6-4-11)9-16-13(17)14(10-15)7-8-14/h11-12H,2-9H2,1H3,(H,16,17). The van der Waals surface area contributed by atoms with Crippen LogP contribution >= 0.6 is 0 Å². The van der Waals surface area contributed by atoms with E-state index in [9.17, 15) is 4.79 Å². The van der Waals surface area contributed by atoms with Crippen LogP contribution in [0.5, 0.6) is 0 Å². The van der Waals surface area contributed by atoms with Gasteiger partial charge in [0.1, 0.15) is 5.41 Å². The first-order chi connectivity index (χ1) is 8.20. The van der Waals surface area contributed by atoms with Crippen LogP contribution < -0.4 is 5.32 Å². The van der Waals surface area contributed by atoms with Gasteiger partial charge in [0, 0.05) is 6.54 Å². The highest BCUT2D eigenvalue weighted by Gasteiger charge is 2.50. The first kappa shape index (κ1) is 12.4. The third-order valence-electron chi connectivity index (χ3n) is 4.49.